The lowest BCUT2D eigenvalue weighted by atomic mass is 10.0. The molecular weight excluding hydrogens is 613 g/mol. The van der Waals surface area contributed by atoms with Gasteiger partial charge in [-0.25, -0.2) is 15.0 Å². The largest absolute Gasteiger partial charge is 0.394 e. The van der Waals surface area contributed by atoms with Gasteiger partial charge in [-0.1, -0.05) is 0 Å². The topological polar surface area (TPSA) is 273 Å². The summed E-state index contributed by atoms with van der Waals surface area (Å²) in [4.78, 5) is 42.0. The molecule has 2 bridgehead atoms. The third kappa shape index (κ3) is 4.54. The summed E-state index contributed by atoms with van der Waals surface area (Å²) < 4.78 is 32.1. The first kappa shape index (κ1) is 28.6. The zero-order chi connectivity index (χ0) is 30.3. The predicted octanol–water partition coefficient (Wildman–Crippen LogP) is -2.37. The van der Waals surface area contributed by atoms with Gasteiger partial charge in [-0.2, -0.15) is 4.98 Å². The van der Waals surface area contributed by atoms with E-state index in [9.17, 15) is 25.0 Å². The van der Waals surface area contributed by atoms with Crippen LogP contribution in [0.5, 0.6) is 0 Å². The Hall–Kier alpha value is -3.14. The molecule has 9 atom stereocenters. The maximum atomic E-state index is 12.3. The van der Waals surface area contributed by atoms with Gasteiger partial charge in [-0.3, -0.25) is 18.9 Å². The van der Waals surface area contributed by atoms with Crippen LogP contribution in [0, 0.1) is 0 Å². The Morgan fingerprint density at radius 1 is 1.21 bits per heavy atom. The van der Waals surface area contributed by atoms with Crippen LogP contribution in [-0.4, -0.2) is 110 Å². The van der Waals surface area contributed by atoms with Gasteiger partial charge in [-0.15, -0.1) is 0 Å². The molecular formula is C22H26N9O10PS. The highest BCUT2D eigenvalue weighted by Crippen LogP contribution is 2.53. The highest BCUT2D eigenvalue weighted by Gasteiger charge is 2.62. The average molecular weight is 640 g/mol. The van der Waals surface area contributed by atoms with E-state index in [2.05, 4.69) is 24.9 Å². The molecule has 0 aromatic carbocycles. The monoisotopic (exact) mass is 639 g/mol. The highest BCUT2D eigenvalue weighted by atomic mass is 32.5. The number of rotatable bonds is 8. The Labute approximate surface area is 245 Å². The Kier molecular flexibility index (Phi) is 6.80. The van der Waals surface area contributed by atoms with Crippen LogP contribution in [0.25, 0.3) is 22.2 Å². The van der Waals surface area contributed by atoms with Gasteiger partial charge < -0.3 is 55.0 Å². The van der Waals surface area contributed by atoms with Crippen LogP contribution < -0.4 is 17.0 Å². The van der Waals surface area contributed by atoms with Gasteiger partial charge in [-0.05, 0) is 17.9 Å². The van der Waals surface area contributed by atoms with Crippen LogP contribution in [0.3, 0.4) is 0 Å². The molecule has 3 fully saturated rings. The van der Waals surface area contributed by atoms with Crippen LogP contribution in [0.2, 0.25) is 0 Å². The number of ether oxygens (including phenoxy) is 3. The number of nitrogen functional groups attached to an aromatic ring is 2. The van der Waals surface area contributed by atoms with Crippen molar-refractivity contribution in [3.8, 4) is 0 Å². The number of hydrogen-bond acceptors (Lipinski definition) is 16. The summed E-state index contributed by atoms with van der Waals surface area (Å²) in [6.07, 6.45) is -3.89. The molecule has 43 heavy (non-hydrogen) atoms. The van der Waals surface area contributed by atoms with E-state index in [4.69, 9.17) is 46.5 Å². The minimum absolute atomic E-state index is 0.00363. The molecule has 0 saturated carbocycles. The first-order chi connectivity index (χ1) is 20.5. The fourth-order valence-electron chi connectivity index (χ4n) is 5.65. The second-order valence-electron chi connectivity index (χ2n) is 10.3. The number of aliphatic hydroxyl groups is 3. The Morgan fingerprint density at radius 2 is 2.02 bits per heavy atom. The molecule has 21 heteroatoms. The second kappa shape index (κ2) is 10.2. The molecule has 230 valence electrons. The zero-order valence-electron chi connectivity index (χ0n) is 21.9. The minimum Gasteiger partial charge on any atom is -0.394 e. The van der Waals surface area contributed by atoms with Crippen LogP contribution in [0.1, 0.15) is 12.5 Å². The molecule has 4 aromatic heterocycles. The number of aliphatic hydroxyl groups excluding tert-OH is 3. The highest BCUT2D eigenvalue weighted by molar-refractivity contribution is 8.07. The normalized spacial score (nSPS) is 33.5. The zero-order valence-corrected chi connectivity index (χ0v) is 23.6. The molecule has 7 heterocycles. The number of anilines is 2. The van der Waals surface area contributed by atoms with Crippen LogP contribution in [0.4, 0.5) is 11.8 Å². The van der Waals surface area contributed by atoms with E-state index in [1.165, 1.54) is 17.2 Å². The van der Waals surface area contributed by atoms with Gasteiger partial charge in [0, 0.05) is 6.20 Å². The molecule has 7 rings (SSSR count). The Bertz CT molecular complexity index is 1820. The molecule has 19 nitrogen and oxygen atoms in total. The van der Waals surface area contributed by atoms with Crippen LogP contribution in [0.15, 0.2) is 29.7 Å². The van der Waals surface area contributed by atoms with Crippen molar-refractivity contribution in [2.75, 3.05) is 31.3 Å². The van der Waals surface area contributed by atoms with E-state index in [-0.39, 0.29) is 29.5 Å². The molecule has 0 aliphatic carbocycles. The van der Waals surface area contributed by atoms with Crippen LogP contribution in [-0.2, 0) is 35.1 Å². The third-order valence-electron chi connectivity index (χ3n) is 7.77. The number of imidazole rings is 1. The summed E-state index contributed by atoms with van der Waals surface area (Å²) in [5.74, 6) is 0.0808. The van der Waals surface area contributed by atoms with Gasteiger partial charge in [0.05, 0.1) is 31.5 Å². The van der Waals surface area contributed by atoms with E-state index in [1.54, 1.807) is 16.8 Å². The summed E-state index contributed by atoms with van der Waals surface area (Å²) in [5.41, 5.74) is 9.99. The van der Waals surface area contributed by atoms with Crippen LogP contribution >= 0.6 is 6.72 Å². The smallest absolute Gasteiger partial charge is 0.325 e. The molecule has 3 aliphatic rings. The summed E-state index contributed by atoms with van der Waals surface area (Å²) in [7, 11) is 0. The summed E-state index contributed by atoms with van der Waals surface area (Å²) >= 11 is 5.26. The maximum Gasteiger partial charge on any atom is 0.325 e. The molecule has 3 saturated heterocycles. The first-order valence-corrected chi connectivity index (χ1v) is 15.5. The number of aromatic amines is 1. The van der Waals surface area contributed by atoms with Gasteiger partial charge in [0.15, 0.2) is 23.6 Å². The lowest BCUT2D eigenvalue weighted by Gasteiger charge is -2.33. The Morgan fingerprint density at radius 3 is 2.81 bits per heavy atom. The predicted molar refractivity (Wildman–Crippen MR) is 147 cm³/mol. The number of hydrogen-bond donors (Lipinski definition) is 7. The van der Waals surface area contributed by atoms with Gasteiger partial charge in [0.2, 0.25) is 5.95 Å². The van der Waals surface area contributed by atoms with E-state index in [0.29, 0.717) is 11.0 Å². The maximum absolute atomic E-state index is 12.3. The SMILES string of the molecule is Nc1nc2c(ncn2[C@@H]2O[C@H](CO)C(O)[C@@H]2OP(O)(=S)OC[C@]23CO[C@@H](C2O)[C@H](n2ccc4c(N)ncnc42)O3)c(=O)[nH]1. The summed E-state index contributed by atoms with van der Waals surface area (Å²) in [5, 5.41) is 32.3. The van der Waals surface area contributed by atoms with E-state index >= 15 is 0 Å². The van der Waals surface area contributed by atoms with E-state index < -0.39 is 74.1 Å². The Balaban J connectivity index is 1.11. The molecule has 3 unspecified atom stereocenters. The molecule has 0 amide bonds. The van der Waals surface area contributed by atoms with Crippen molar-refractivity contribution in [1.82, 2.24) is 34.1 Å². The van der Waals surface area contributed by atoms with Crippen molar-refractivity contribution in [2.45, 2.75) is 48.6 Å². The second-order valence-corrected chi connectivity index (χ2v) is 13.1. The minimum atomic E-state index is -4.20. The number of fused-ring (bicyclic) bond motifs is 4. The number of nitrogens with two attached hydrogens (primary N) is 2. The van der Waals surface area contributed by atoms with E-state index in [0.717, 1.165) is 0 Å². The number of H-pyrrole nitrogens is 1. The van der Waals surface area contributed by atoms with Crippen molar-refractivity contribution in [3.05, 3.63) is 35.3 Å². The van der Waals surface area contributed by atoms with Crippen molar-refractivity contribution in [1.29, 1.82) is 0 Å². The number of aromatic nitrogens is 7. The van der Waals surface area contributed by atoms with Crippen molar-refractivity contribution in [2.24, 2.45) is 0 Å². The fraction of sp³-hybridized carbons (Fsp3) is 0.500. The fourth-order valence-corrected chi connectivity index (χ4v) is 7.08. The van der Waals surface area contributed by atoms with Crippen molar-refractivity contribution in [3.63, 3.8) is 0 Å². The molecule has 4 aromatic rings. The van der Waals surface area contributed by atoms with Gasteiger partial charge in [0.25, 0.3) is 5.56 Å². The van der Waals surface area contributed by atoms with Gasteiger partial charge >= 0.3 is 6.72 Å². The van der Waals surface area contributed by atoms with Crippen molar-refractivity contribution >= 4 is 52.5 Å². The van der Waals surface area contributed by atoms with Gasteiger partial charge in [0.1, 0.15) is 53.9 Å². The third-order valence-corrected chi connectivity index (χ3v) is 9.31. The average Bonchev–Trinajstić information content (AvgIpc) is 3.77. The summed E-state index contributed by atoms with van der Waals surface area (Å²) in [6.45, 7) is -5.33. The number of nitrogens with zero attached hydrogens (tertiary/aromatic N) is 6. The van der Waals surface area contributed by atoms with E-state index in [1.807, 2.05) is 0 Å². The first-order valence-electron chi connectivity index (χ1n) is 12.9. The number of nitrogens with one attached hydrogen (secondary N) is 1. The molecule has 3 aliphatic heterocycles. The van der Waals surface area contributed by atoms with Crippen molar-refractivity contribution < 1.29 is 43.5 Å². The standard InChI is InChI=1S/C22H26N9O10PS/c23-15-8-1-2-30(16(8)26-6-25-15)20-13-14(34)22(40-20,4-37-13)5-38-42(36,43)41-12-11(33)9(3-32)39-19(12)31-7-27-10-17(31)28-21(24)29-18(10)35/h1-2,6-7,9,11-14,19-20,32-34H,3-5H2,(H,36,43)(H2,23,25,26)(H3,24,28,29,35)/t9-,11?,12+,13+,14?,19-,20-,22-,42?/m1/s1. The lowest BCUT2D eigenvalue weighted by Crippen LogP contribution is -2.45. The quantitative estimate of drug-likeness (QED) is 0.0992. The molecule has 0 spiro atoms. The molecule has 9 N–H and O–H groups in total. The lowest BCUT2D eigenvalue weighted by molar-refractivity contribution is -0.183. The summed E-state index contributed by atoms with van der Waals surface area (Å²) in [6, 6.07) is 1.71. The molecule has 0 radical (unpaired) electrons.